The monoisotopic (exact) mass is 291 g/mol. The van der Waals surface area contributed by atoms with E-state index in [-0.39, 0.29) is 16.3 Å². The van der Waals surface area contributed by atoms with Crippen molar-refractivity contribution in [2.24, 2.45) is 0 Å². The van der Waals surface area contributed by atoms with Crippen LogP contribution in [0.15, 0.2) is 29.6 Å². The van der Waals surface area contributed by atoms with Gasteiger partial charge in [0.25, 0.3) is 11.6 Å². The van der Waals surface area contributed by atoms with Crippen molar-refractivity contribution in [1.29, 1.82) is 5.26 Å². The summed E-state index contributed by atoms with van der Waals surface area (Å²) >= 11 is 1.10. The molecule has 2 aromatic rings. The molecule has 20 heavy (non-hydrogen) atoms. The van der Waals surface area contributed by atoms with Crippen molar-refractivity contribution in [1.82, 2.24) is 0 Å². The maximum atomic E-state index is 13.5. The number of nitriles is 1. The van der Waals surface area contributed by atoms with Crippen LogP contribution in [0.3, 0.4) is 0 Å². The highest BCUT2D eigenvalue weighted by Crippen LogP contribution is 2.24. The highest BCUT2D eigenvalue weighted by Gasteiger charge is 2.18. The molecule has 0 radical (unpaired) electrons. The first-order valence-corrected chi connectivity index (χ1v) is 6.13. The number of nitrogens with zero attached hydrogens (tertiary/aromatic N) is 2. The Balaban J connectivity index is 2.32. The molecule has 0 fully saturated rings. The summed E-state index contributed by atoms with van der Waals surface area (Å²) in [6.07, 6.45) is 0. The van der Waals surface area contributed by atoms with Gasteiger partial charge in [-0.1, -0.05) is 0 Å². The first-order chi connectivity index (χ1) is 9.52. The van der Waals surface area contributed by atoms with Gasteiger partial charge in [0, 0.05) is 12.1 Å². The number of rotatable bonds is 3. The minimum atomic E-state index is -0.872. The molecule has 1 aromatic heterocycles. The fourth-order valence-electron chi connectivity index (χ4n) is 1.47. The first kappa shape index (κ1) is 13.6. The minimum Gasteiger partial charge on any atom is -0.312 e. The van der Waals surface area contributed by atoms with E-state index in [1.54, 1.807) is 5.38 Å². The van der Waals surface area contributed by atoms with Crippen LogP contribution in [0.2, 0.25) is 0 Å². The molecule has 1 aromatic carbocycles. The number of halogens is 1. The number of hydrogen-bond acceptors (Lipinski definition) is 5. The zero-order valence-electron chi connectivity index (χ0n) is 9.79. The summed E-state index contributed by atoms with van der Waals surface area (Å²) in [7, 11) is 0. The Morgan fingerprint density at radius 3 is 2.85 bits per heavy atom. The molecule has 1 N–H and O–H groups in total. The zero-order chi connectivity index (χ0) is 14.7. The lowest BCUT2D eigenvalue weighted by Gasteiger charge is -2.04. The summed E-state index contributed by atoms with van der Waals surface area (Å²) < 4.78 is 13.5. The van der Waals surface area contributed by atoms with Gasteiger partial charge in [0.05, 0.1) is 16.1 Å². The Morgan fingerprint density at radius 2 is 2.20 bits per heavy atom. The van der Waals surface area contributed by atoms with Gasteiger partial charge in [0.2, 0.25) is 0 Å². The lowest BCUT2D eigenvalue weighted by atomic mass is 10.1. The average molecular weight is 291 g/mol. The Labute approximate surface area is 116 Å². The zero-order valence-corrected chi connectivity index (χ0v) is 10.6. The quantitative estimate of drug-likeness (QED) is 0.694. The van der Waals surface area contributed by atoms with E-state index in [2.05, 4.69) is 5.32 Å². The Morgan fingerprint density at radius 1 is 1.45 bits per heavy atom. The number of carbonyl (C=O) groups is 1. The number of nitro benzene ring substituents is 1. The number of nitrogens with one attached hydrogen (secondary N) is 1. The normalized spacial score (nSPS) is 9.80. The topological polar surface area (TPSA) is 96.0 Å². The number of thiophene rings is 1. The van der Waals surface area contributed by atoms with Gasteiger partial charge in [0.1, 0.15) is 16.9 Å². The molecule has 0 unspecified atom stereocenters. The highest BCUT2D eigenvalue weighted by atomic mass is 32.1. The Hall–Kier alpha value is -2.79. The summed E-state index contributed by atoms with van der Waals surface area (Å²) in [5.74, 6) is -1.71. The molecule has 8 heteroatoms. The lowest BCUT2D eigenvalue weighted by molar-refractivity contribution is -0.384. The van der Waals surface area contributed by atoms with Gasteiger partial charge in [-0.3, -0.25) is 14.9 Å². The summed E-state index contributed by atoms with van der Waals surface area (Å²) in [6.45, 7) is 0. The van der Waals surface area contributed by atoms with E-state index in [4.69, 9.17) is 5.26 Å². The second kappa shape index (κ2) is 5.46. The van der Waals surface area contributed by atoms with Crippen molar-refractivity contribution in [3.05, 3.63) is 56.7 Å². The van der Waals surface area contributed by atoms with Crippen LogP contribution in [0, 0.1) is 27.3 Å². The molecule has 0 saturated carbocycles. The maximum Gasteiger partial charge on any atom is 0.270 e. The van der Waals surface area contributed by atoms with Crippen LogP contribution in [-0.4, -0.2) is 10.8 Å². The van der Waals surface area contributed by atoms with E-state index in [9.17, 15) is 19.3 Å². The molecular formula is C12H6FN3O3S. The average Bonchev–Trinajstić information content (AvgIpc) is 2.86. The third-order valence-electron chi connectivity index (χ3n) is 2.42. The molecule has 2 rings (SSSR count). The van der Waals surface area contributed by atoms with Gasteiger partial charge in [-0.15, -0.1) is 11.3 Å². The third kappa shape index (κ3) is 2.62. The number of carbonyl (C=O) groups excluding carboxylic acids is 1. The number of nitro groups is 1. The van der Waals surface area contributed by atoms with Gasteiger partial charge in [0.15, 0.2) is 0 Å². The van der Waals surface area contributed by atoms with E-state index in [0.29, 0.717) is 0 Å². The SMILES string of the molecule is N#Cc1ccsc1NC(=O)c1cc([N+](=O)[O-])ccc1F. The van der Waals surface area contributed by atoms with Crippen molar-refractivity contribution in [3.8, 4) is 6.07 Å². The lowest BCUT2D eigenvalue weighted by Crippen LogP contribution is -2.14. The van der Waals surface area contributed by atoms with E-state index in [0.717, 1.165) is 29.5 Å². The van der Waals surface area contributed by atoms with Crippen molar-refractivity contribution < 1.29 is 14.1 Å². The van der Waals surface area contributed by atoms with Gasteiger partial charge in [-0.25, -0.2) is 4.39 Å². The number of non-ortho nitro benzene ring substituents is 1. The molecule has 0 spiro atoms. The summed E-state index contributed by atoms with van der Waals surface area (Å²) in [5.41, 5.74) is -0.589. The molecule has 1 amide bonds. The van der Waals surface area contributed by atoms with Crippen LogP contribution in [0.5, 0.6) is 0 Å². The third-order valence-corrected chi connectivity index (χ3v) is 3.25. The van der Waals surface area contributed by atoms with Crippen LogP contribution in [0.25, 0.3) is 0 Å². The van der Waals surface area contributed by atoms with E-state index < -0.39 is 22.2 Å². The van der Waals surface area contributed by atoms with Crippen LogP contribution < -0.4 is 5.32 Å². The van der Waals surface area contributed by atoms with Gasteiger partial charge in [-0.05, 0) is 17.5 Å². The number of benzene rings is 1. The maximum absolute atomic E-state index is 13.5. The Kier molecular flexibility index (Phi) is 3.72. The summed E-state index contributed by atoms with van der Waals surface area (Å²) in [6, 6.07) is 6.05. The van der Waals surface area contributed by atoms with E-state index >= 15 is 0 Å². The summed E-state index contributed by atoms with van der Waals surface area (Å²) in [5, 5.41) is 23.6. The number of hydrogen-bond donors (Lipinski definition) is 1. The second-order valence-corrected chi connectivity index (χ2v) is 4.57. The van der Waals surface area contributed by atoms with Crippen molar-refractivity contribution in [2.45, 2.75) is 0 Å². The smallest absolute Gasteiger partial charge is 0.270 e. The van der Waals surface area contributed by atoms with Crippen molar-refractivity contribution >= 4 is 27.9 Å². The molecule has 0 saturated heterocycles. The van der Waals surface area contributed by atoms with E-state index in [1.807, 2.05) is 6.07 Å². The Bertz CT molecular complexity index is 736. The fraction of sp³-hybridized carbons (Fsp3) is 0. The second-order valence-electron chi connectivity index (χ2n) is 3.65. The van der Waals surface area contributed by atoms with Crippen molar-refractivity contribution in [3.63, 3.8) is 0 Å². The molecule has 0 aliphatic rings. The molecule has 0 atom stereocenters. The van der Waals surface area contributed by atoms with Crippen molar-refractivity contribution in [2.75, 3.05) is 5.32 Å². The highest BCUT2D eigenvalue weighted by molar-refractivity contribution is 7.14. The molecule has 6 nitrogen and oxygen atoms in total. The standard InChI is InChI=1S/C12H6FN3O3S/c13-10-2-1-8(16(18)19)5-9(10)11(17)15-12-7(6-14)3-4-20-12/h1-5H,(H,15,17). The van der Waals surface area contributed by atoms with E-state index in [1.165, 1.54) is 6.07 Å². The van der Waals surface area contributed by atoms with Gasteiger partial charge in [-0.2, -0.15) is 5.26 Å². The number of anilines is 1. The molecule has 0 aliphatic heterocycles. The van der Waals surface area contributed by atoms with Crippen LogP contribution in [0.4, 0.5) is 15.1 Å². The first-order valence-electron chi connectivity index (χ1n) is 5.26. The minimum absolute atomic E-state index is 0.245. The predicted octanol–water partition coefficient (Wildman–Crippen LogP) is 2.92. The predicted molar refractivity (Wildman–Crippen MR) is 70.0 cm³/mol. The molecule has 100 valence electrons. The van der Waals surface area contributed by atoms with Gasteiger partial charge >= 0.3 is 0 Å². The molecule has 0 aliphatic carbocycles. The largest absolute Gasteiger partial charge is 0.312 e. The molecular weight excluding hydrogens is 285 g/mol. The van der Waals surface area contributed by atoms with Gasteiger partial charge < -0.3 is 5.32 Å². The summed E-state index contributed by atoms with van der Waals surface area (Å²) in [4.78, 5) is 21.8. The van der Waals surface area contributed by atoms with Crippen LogP contribution >= 0.6 is 11.3 Å². The molecule has 1 heterocycles. The number of amides is 1. The van der Waals surface area contributed by atoms with Crippen LogP contribution in [-0.2, 0) is 0 Å². The molecule has 0 bridgehead atoms. The fourth-order valence-corrected chi connectivity index (χ4v) is 2.20. The van der Waals surface area contributed by atoms with Crippen LogP contribution in [0.1, 0.15) is 15.9 Å².